The number of nitrogens with zero attached hydrogens (tertiary/aromatic N) is 1. The molecule has 0 bridgehead atoms. The Morgan fingerprint density at radius 1 is 1.33 bits per heavy atom. The summed E-state index contributed by atoms with van der Waals surface area (Å²) in [5.41, 5.74) is 1.01. The number of halogens is 2. The van der Waals surface area contributed by atoms with Gasteiger partial charge in [0.1, 0.15) is 5.82 Å². The Morgan fingerprint density at radius 2 is 2.06 bits per heavy atom. The Morgan fingerprint density at radius 3 is 2.67 bits per heavy atom. The van der Waals surface area contributed by atoms with E-state index in [1.54, 1.807) is 12.1 Å². The van der Waals surface area contributed by atoms with Gasteiger partial charge in [-0.15, -0.1) is 12.4 Å². The van der Waals surface area contributed by atoms with E-state index in [1.165, 1.54) is 18.9 Å². The van der Waals surface area contributed by atoms with E-state index < -0.39 is 0 Å². The van der Waals surface area contributed by atoms with Crippen LogP contribution in [0.1, 0.15) is 19.8 Å². The molecule has 1 aromatic rings. The van der Waals surface area contributed by atoms with Crippen molar-refractivity contribution in [2.45, 2.75) is 19.8 Å². The fourth-order valence-corrected chi connectivity index (χ4v) is 2.47. The van der Waals surface area contributed by atoms with E-state index in [4.69, 9.17) is 0 Å². The maximum Gasteiger partial charge on any atom is 0.125 e. The topological polar surface area (TPSA) is 15.3 Å². The predicted octanol–water partition coefficient (Wildman–Crippen LogP) is 3.07. The van der Waals surface area contributed by atoms with Crippen molar-refractivity contribution in [1.82, 2.24) is 5.32 Å². The third kappa shape index (κ3) is 4.14. The average molecular weight is 273 g/mol. The molecule has 0 atom stereocenters. The van der Waals surface area contributed by atoms with Crippen LogP contribution in [0, 0.1) is 11.7 Å². The molecule has 0 amide bonds. The summed E-state index contributed by atoms with van der Waals surface area (Å²) in [5.74, 6) is 0.589. The van der Waals surface area contributed by atoms with Crippen LogP contribution in [0.3, 0.4) is 0 Å². The Balaban J connectivity index is 0.00000162. The fraction of sp³-hybridized carbons (Fsp3) is 0.571. The van der Waals surface area contributed by atoms with Gasteiger partial charge in [0.2, 0.25) is 0 Å². The highest BCUT2D eigenvalue weighted by Gasteiger charge is 2.16. The molecule has 4 heteroatoms. The van der Waals surface area contributed by atoms with E-state index >= 15 is 0 Å². The molecule has 0 aromatic heterocycles. The molecule has 1 heterocycles. The molecule has 1 aliphatic rings. The monoisotopic (exact) mass is 272 g/mol. The van der Waals surface area contributed by atoms with Gasteiger partial charge in [0.05, 0.1) is 0 Å². The summed E-state index contributed by atoms with van der Waals surface area (Å²) < 4.78 is 13.2. The lowest BCUT2D eigenvalue weighted by Crippen LogP contribution is -2.36. The van der Waals surface area contributed by atoms with Crippen molar-refractivity contribution in [2.75, 3.05) is 31.1 Å². The first-order chi connectivity index (χ1) is 8.29. The molecule has 2 nitrogen and oxygen atoms in total. The molecule has 1 N–H and O–H groups in total. The lowest BCUT2D eigenvalue weighted by molar-refractivity contribution is 0.374. The van der Waals surface area contributed by atoms with Gasteiger partial charge in [0.15, 0.2) is 0 Å². The lowest BCUT2D eigenvalue weighted by Gasteiger charge is -2.30. The van der Waals surface area contributed by atoms with Gasteiger partial charge < -0.3 is 10.2 Å². The third-order valence-corrected chi connectivity index (χ3v) is 3.49. The standard InChI is InChI=1S/C14H21FN2.ClH/c1-2-17(11-12-6-8-16-9-7-12)14-5-3-4-13(15)10-14;/h3-5,10,12,16H,2,6-9,11H2,1H3;1H. The summed E-state index contributed by atoms with van der Waals surface area (Å²) in [4.78, 5) is 2.28. The summed E-state index contributed by atoms with van der Waals surface area (Å²) >= 11 is 0. The predicted molar refractivity (Wildman–Crippen MR) is 77.1 cm³/mol. The normalized spacial score (nSPS) is 16.1. The first kappa shape index (κ1) is 15.3. The number of hydrogen-bond donors (Lipinski definition) is 1. The molecule has 18 heavy (non-hydrogen) atoms. The molecule has 102 valence electrons. The first-order valence-corrected chi connectivity index (χ1v) is 6.51. The Kier molecular flexibility index (Phi) is 6.44. The number of hydrogen-bond acceptors (Lipinski definition) is 2. The molecular formula is C14H22ClFN2. The van der Waals surface area contributed by atoms with Crippen LogP contribution >= 0.6 is 12.4 Å². The van der Waals surface area contributed by atoms with Gasteiger partial charge in [-0.05, 0) is 57.0 Å². The van der Waals surface area contributed by atoms with Crippen LogP contribution in [0.5, 0.6) is 0 Å². The zero-order valence-corrected chi connectivity index (χ0v) is 11.7. The molecule has 0 unspecified atom stereocenters. The molecule has 1 saturated heterocycles. The Bertz CT molecular complexity index is 353. The van der Waals surface area contributed by atoms with Crippen molar-refractivity contribution >= 4 is 18.1 Å². The Hall–Kier alpha value is -0.800. The first-order valence-electron chi connectivity index (χ1n) is 6.51. The van der Waals surface area contributed by atoms with E-state index in [-0.39, 0.29) is 18.2 Å². The minimum Gasteiger partial charge on any atom is -0.371 e. The van der Waals surface area contributed by atoms with Crippen molar-refractivity contribution in [3.8, 4) is 0 Å². The molecule has 2 rings (SSSR count). The van der Waals surface area contributed by atoms with Crippen LogP contribution in [0.2, 0.25) is 0 Å². The van der Waals surface area contributed by atoms with Crippen LogP contribution in [0.25, 0.3) is 0 Å². The van der Waals surface area contributed by atoms with Crippen LogP contribution in [0.4, 0.5) is 10.1 Å². The highest BCUT2D eigenvalue weighted by Crippen LogP contribution is 2.20. The van der Waals surface area contributed by atoms with Crippen molar-refractivity contribution in [2.24, 2.45) is 5.92 Å². The quantitative estimate of drug-likeness (QED) is 0.906. The number of rotatable bonds is 4. The molecule has 0 saturated carbocycles. The minimum absolute atomic E-state index is 0. The minimum atomic E-state index is -0.147. The molecular weight excluding hydrogens is 251 g/mol. The maximum atomic E-state index is 13.2. The smallest absolute Gasteiger partial charge is 0.125 e. The van der Waals surface area contributed by atoms with Crippen molar-refractivity contribution < 1.29 is 4.39 Å². The van der Waals surface area contributed by atoms with Gasteiger partial charge in [0, 0.05) is 18.8 Å². The zero-order chi connectivity index (χ0) is 12.1. The van der Waals surface area contributed by atoms with E-state index in [9.17, 15) is 4.39 Å². The summed E-state index contributed by atoms with van der Waals surface area (Å²) in [6.07, 6.45) is 2.46. The lowest BCUT2D eigenvalue weighted by atomic mass is 9.97. The molecule has 1 fully saturated rings. The summed E-state index contributed by atoms with van der Waals surface area (Å²) in [6.45, 7) is 6.34. The van der Waals surface area contributed by atoms with E-state index in [1.807, 2.05) is 6.07 Å². The zero-order valence-electron chi connectivity index (χ0n) is 10.9. The average Bonchev–Trinajstić information content (AvgIpc) is 2.37. The molecule has 0 spiro atoms. The molecule has 0 radical (unpaired) electrons. The second kappa shape index (κ2) is 7.59. The van der Waals surface area contributed by atoms with Gasteiger partial charge in [-0.2, -0.15) is 0 Å². The van der Waals surface area contributed by atoms with Gasteiger partial charge in [-0.3, -0.25) is 0 Å². The van der Waals surface area contributed by atoms with Crippen molar-refractivity contribution in [1.29, 1.82) is 0 Å². The summed E-state index contributed by atoms with van der Waals surface area (Å²) in [5, 5.41) is 3.38. The highest BCUT2D eigenvalue weighted by molar-refractivity contribution is 5.85. The van der Waals surface area contributed by atoms with Gasteiger partial charge in [0.25, 0.3) is 0 Å². The highest BCUT2D eigenvalue weighted by atomic mass is 35.5. The number of benzene rings is 1. The second-order valence-electron chi connectivity index (χ2n) is 4.71. The van der Waals surface area contributed by atoms with Crippen molar-refractivity contribution in [3.05, 3.63) is 30.1 Å². The van der Waals surface area contributed by atoms with Crippen molar-refractivity contribution in [3.63, 3.8) is 0 Å². The van der Waals surface area contributed by atoms with Gasteiger partial charge in [-0.25, -0.2) is 4.39 Å². The maximum absolute atomic E-state index is 13.2. The van der Waals surface area contributed by atoms with Crippen LogP contribution in [-0.4, -0.2) is 26.2 Å². The van der Waals surface area contributed by atoms with E-state index in [0.29, 0.717) is 0 Å². The van der Waals surface area contributed by atoms with Gasteiger partial charge in [-0.1, -0.05) is 6.07 Å². The fourth-order valence-electron chi connectivity index (χ4n) is 2.47. The SMILES string of the molecule is CCN(CC1CCNCC1)c1cccc(F)c1.Cl. The summed E-state index contributed by atoms with van der Waals surface area (Å²) in [6, 6.07) is 6.91. The van der Waals surface area contributed by atoms with E-state index in [2.05, 4.69) is 17.1 Å². The molecule has 1 aromatic carbocycles. The molecule has 0 aliphatic carbocycles. The second-order valence-corrected chi connectivity index (χ2v) is 4.71. The Labute approximate surface area is 115 Å². The number of piperidine rings is 1. The third-order valence-electron chi connectivity index (χ3n) is 3.49. The van der Waals surface area contributed by atoms with Gasteiger partial charge >= 0.3 is 0 Å². The molecule has 1 aliphatic heterocycles. The van der Waals surface area contributed by atoms with Crippen LogP contribution in [0.15, 0.2) is 24.3 Å². The number of nitrogens with one attached hydrogen (secondary N) is 1. The largest absolute Gasteiger partial charge is 0.371 e. The van der Waals surface area contributed by atoms with Crippen LogP contribution in [-0.2, 0) is 0 Å². The summed E-state index contributed by atoms with van der Waals surface area (Å²) in [7, 11) is 0. The van der Waals surface area contributed by atoms with E-state index in [0.717, 1.165) is 37.8 Å². The number of anilines is 1. The van der Waals surface area contributed by atoms with Crippen LogP contribution < -0.4 is 10.2 Å².